The molecule has 0 unspecified atom stereocenters. The highest BCUT2D eigenvalue weighted by atomic mass is 35.5. The number of furan rings is 1. The second-order valence-corrected chi connectivity index (χ2v) is 9.71. The molecule has 3 heterocycles. The van der Waals surface area contributed by atoms with Gasteiger partial charge in [-0.2, -0.15) is 0 Å². The van der Waals surface area contributed by atoms with Crippen LogP contribution in [0.15, 0.2) is 40.9 Å². The highest BCUT2D eigenvalue weighted by Gasteiger charge is 2.38. The zero-order chi connectivity index (χ0) is 26.1. The highest BCUT2D eigenvalue weighted by Crippen LogP contribution is 2.38. The smallest absolute Gasteiger partial charge is 0.292 e. The number of hydrogen-bond donors (Lipinski definition) is 2. The number of aromatic nitrogens is 1. The third-order valence-electron chi connectivity index (χ3n) is 6.78. The molecule has 1 saturated carbocycles. The van der Waals surface area contributed by atoms with Crippen LogP contribution in [-0.4, -0.2) is 40.2 Å². The van der Waals surface area contributed by atoms with Gasteiger partial charge in [-0.15, -0.1) is 0 Å². The molecule has 1 aliphatic carbocycles. The minimum Gasteiger partial charge on any atom is -0.449 e. The van der Waals surface area contributed by atoms with Gasteiger partial charge < -0.3 is 15.5 Å². The predicted molar refractivity (Wildman–Crippen MR) is 137 cm³/mol. The molecule has 2 fully saturated rings. The van der Waals surface area contributed by atoms with Crippen molar-refractivity contribution in [1.82, 2.24) is 9.99 Å². The first-order valence-electron chi connectivity index (χ1n) is 12.3. The van der Waals surface area contributed by atoms with E-state index in [1.807, 2.05) is 0 Å². The van der Waals surface area contributed by atoms with Crippen LogP contribution in [0.25, 0.3) is 11.0 Å². The van der Waals surface area contributed by atoms with Crippen molar-refractivity contribution in [2.45, 2.75) is 44.9 Å². The summed E-state index contributed by atoms with van der Waals surface area (Å²) in [4.78, 5) is 56.2. The molecule has 2 aliphatic rings. The third kappa shape index (κ3) is 4.89. The SMILES string of the molecule is NC(=O)c1ccc2cc(C(=O)Nc3ccc(Cl)cn3)oc2c1N(C(=O)C1CCCCC1)N1CCCC1=O. The molecular formula is C26H26ClN5O5. The average Bonchev–Trinajstić information content (AvgIpc) is 3.52. The van der Waals surface area contributed by atoms with Crippen molar-refractivity contribution >= 4 is 57.7 Å². The number of carbonyl (C=O) groups excluding carboxylic acids is 4. The molecule has 11 heteroatoms. The number of fused-ring (bicyclic) bond motifs is 1. The van der Waals surface area contributed by atoms with Gasteiger partial charge in [0, 0.05) is 30.5 Å². The molecular weight excluding hydrogens is 498 g/mol. The molecule has 10 nitrogen and oxygen atoms in total. The number of benzene rings is 1. The Kier molecular flexibility index (Phi) is 6.84. The van der Waals surface area contributed by atoms with Crippen LogP contribution in [0, 0.1) is 5.92 Å². The summed E-state index contributed by atoms with van der Waals surface area (Å²) in [6.07, 6.45) is 6.52. The molecule has 4 amide bonds. The molecule has 5 rings (SSSR count). The van der Waals surface area contributed by atoms with Crippen molar-refractivity contribution in [1.29, 1.82) is 0 Å². The summed E-state index contributed by atoms with van der Waals surface area (Å²) in [7, 11) is 0. The number of anilines is 2. The summed E-state index contributed by atoms with van der Waals surface area (Å²) in [5, 5.41) is 6.18. The number of nitrogens with two attached hydrogens (primary N) is 1. The molecule has 3 N–H and O–H groups in total. The average molecular weight is 524 g/mol. The number of hydrazine groups is 1. The molecule has 0 radical (unpaired) electrons. The fraction of sp³-hybridized carbons (Fsp3) is 0.346. The summed E-state index contributed by atoms with van der Waals surface area (Å²) in [5.41, 5.74) is 5.94. The first-order chi connectivity index (χ1) is 17.8. The Labute approximate surface area is 217 Å². The van der Waals surface area contributed by atoms with Crippen LogP contribution in [0.1, 0.15) is 65.9 Å². The van der Waals surface area contributed by atoms with E-state index in [0.29, 0.717) is 36.2 Å². The maximum Gasteiger partial charge on any atom is 0.292 e. The van der Waals surface area contributed by atoms with E-state index in [4.69, 9.17) is 21.8 Å². The number of rotatable bonds is 6. The van der Waals surface area contributed by atoms with Gasteiger partial charge in [0.25, 0.3) is 11.8 Å². The first-order valence-corrected chi connectivity index (χ1v) is 12.6. The van der Waals surface area contributed by atoms with Gasteiger partial charge in [-0.05, 0) is 43.5 Å². The van der Waals surface area contributed by atoms with Gasteiger partial charge >= 0.3 is 0 Å². The number of amides is 4. The van der Waals surface area contributed by atoms with Crippen LogP contribution in [-0.2, 0) is 9.59 Å². The molecule has 0 spiro atoms. The van der Waals surface area contributed by atoms with Gasteiger partial charge in [-0.1, -0.05) is 36.9 Å². The van der Waals surface area contributed by atoms with E-state index < -0.39 is 11.8 Å². The topological polar surface area (TPSA) is 139 Å². The molecule has 1 aromatic carbocycles. The lowest BCUT2D eigenvalue weighted by Gasteiger charge is -2.36. The van der Waals surface area contributed by atoms with Crippen molar-refractivity contribution in [3.63, 3.8) is 0 Å². The van der Waals surface area contributed by atoms with Gasteiger partial charge in [0.15, 0.2) is 11.3 Å². The van der Waals surface area contributed by atoms with E-state index in [0.717, 1.165) is 19.3 Å². The Hall–Kier alpha value is -3.92. The zero-order valence-electron chi connectivity index (χ0n) is 20.0. The molecule has 37 heavy (non-hydrogen) atoms. The second-order valence-electron chi connectivity index (χ2n) is 9.28. The first kappa shape index (κ1) is 24.8. The molecule has 1 aliphatic heterocycles. The zero-order valence-corrected chi connectivity index (χ0v) is 20.8. The lowest BCUT2D eigenvalue weighted by atomic mass is 9.88. The van der Waals surface area contributed by atoms with Crippen molar-refractivity contribution in [3.8, 4) is 0 Å². The molecule has 0 atom stereocenters. The number of carbonyl (C=O) groups is 4. The molecule has 3 aromatic rings. The van der Waals surface area contributed by atoms with Crippen molar-refractivity contribution in [2.75, 3.05) is 16.9 Å². The summed E-state index contributed by atoms with van der Waals surface area (Å²) in [6, 6.07) is 7.71. The standard InChI is InChI=1S/C26H26ClN5O5/c27-17-9-11-20(29-14-17)30-25(35)19-13-16-8-10-18(24(28)34)22(23(16)37-19)32(31-12-4-7-21(31)33)26(36)15-5-2-1-3-6-15/h8-11,13-15H,1-7,12H2,(H2,28,34)(H,29,30,35). The molecule has 1 saturated heterocycles. The summed E-state index contributed by atoms with van der Waals surface area (Å²) >= 11 is 5.86. The third-order valence-corrected chi connectivity index (χ3v) is 7.01. The van der Waals surface area contributed by atoms with E-state index in [2.05, 4.69) is 10.3 Å². The van der Waals surface area contributed by atoms with Gasteiger partial charge in [0.2, 0.25) is 11.8 Å². The van der Waals surface area contributed by atoms with Gasteiger partial charge in [-0.25, -0.2) is 15.0 Å². The lowest BCUT2D eigenvalue weighted by molar-refractivity contribution is -0.135. The summed E-state index contributed by atoms with van der Waals surface area (Å²) in [5.74, 6) is -1.96. The fourth-order valence-electron chi connectivity index (χ4n) is 4.95. The monoisotopic (exact) mass is 523 g/mol. The van der Waals surface area contributed by atoms with Crippen LogP contribution in [0.4, 0.5) is 11.5 Å². The van der Waals surface area contributed by atoms with Crippen LogP contribution >= 0.6 is 11.6 Å². The summed E-state index contributed by atoms with van der Waals surface area (Å²) < 4.78 is 5.96. The lowest BCUT2D eigenvalue weighted by Crippen LogP contribution is -2.51. The minimum absolute atomic E-state index is 0.0250. The van der Waals surface area contributed by atoms with E-state index in [1.165, 1.54) is 28.3 Å². The molecule has 0 bridgehead atoms. The quantitative estimate of drug-likeness (QED) is 0.494. The molecule has 192 valence electrons. The number of nitrogens with zero attached hydrogens (tertiary/aromatic N) is 3. The van der Waals surface area contributed by atoms with Gasteiger partial charge in [0.1, 0.15) is 11.5 Å². The largest absolute Gasteiger partial charge is 0.449 e. The fourth-order valence-corrected chi connectivity index (χ4v) is 5.07. The predicted octanol–water partition coefficient (Wildman–Crippen LogP) is 4.28. The second kappa shape index (κ2) is 10.2. The Balaban J connectivity index is 1.61. The Morgan fingerprint density at radius 2 is 1.89 bits per heavy atom. The number of primary amides is 1. The summed E-state index contributed by atoms with van der Waals surface area (Å²) in [6.45, 7) is 0.322. The Morgan fingerprint density at radius 3 is 2.54 bits per heavy atom. The van der Waals surface area contributed by atoms with Crippen molar-refractivity contribution in [3.05, 3.63) is 52.9 Å². The van der Waals surface area contributed by atoms with E-state index >= 15 is 0 Å². The minimum atomic E-state index is -0.780. The van der Waals surface area contributed by atoms with E-state index in [9.17, 15) is 19.2 Å². The number of hydrogen-bond acceptors (Lipinski definition) is 6. The number of pyridine rings is 1. The normalized spacial score (nSPS) is 16.2. The van der Waals surface area contributed by atoms with Gasteiger partial charge in [0.05, 0.1) is 10.6 Å². The van der Waals surface area contributed by atoms with Crippen molar-refractivity contribution in [2.24, 2.45) is 11.7 Å². The van der Waals surface area contributed by atoms with Crippen molar-refractivity contribution < 1.29 is 23.6 Å². The van der Waals surface area contributed by atoms with Crippen LogP contribution in [0.3, 0.4) is 0 Å². The van der Waals surface area contributed by atoms with Crippen LogP contribution in [0.2, 0.25) is 5.02 Å². The number of nitrogens with one attached hydrogen (secondary N) is 1. The van der Waals surface area contributed by atoms with E-state index in [-0.39, 0.29) is 52.6 Å². The number of halogens is 1. The maximum absolute atomic E-state index is 13.9. The highest BCUT2D eigenvalue weighted by molar-refractivity contribution is 6.30. The van der Waals surface area contributed by atoms with Crippen LogP contribution < -0.4 is 16.1 Å². The van der Waals surface area contributed by atoms with Crippen LogP contribution in [0.5, 0.6) is 0 Å². The Bertz CT molecular complexity index is 1380. The Morgan fingerprint density at radius 1 is 1.11 bits per heavy atom. The van der Waals surface area contributed by atoms with Gasteiger partial charge in [-0.3, -0.25) is 19.2 Å². The maximum atomic E-state index is 13.9. The molecule has 2 aromatic heterocycles. The van der Waals surface area contributed by atoms with E-state index in [1.54, 1.807) is 18.2 Å².